The first kappa shape index (κ1) is 15.3. The molecule has 4 rings (SSSR count). The van der Waals surface area contributed by atoms with Gasteiger partial charge in [-0.1, -0.05) is 24.3 Å². The molecule has 3 aromatic rings. The Morgan fingerprint density at radius 1 is 1.12 bits per heavy atom. The maximum atomic E-state index is 12.4. The number of methoxy groups -OCH3 is 1. The van der Waals surface area contributed by atoms with Crippen LogP contribution in [0.15, 0.2) is 65.3 Å². The lowest BCUT2D eigenvalue weighted by Gasteiger charge is -2.29. The fraction of sp³-hybridized carbons (Fsp3) is 0.150. The highest BCUT2D eigenvalue weighted by atomic mass is 16.5. The molecule has 1 amide bonds. The molecule has 2 aromatic carbocycles. The second-order valence-electron chi connectivity index (χ2n) is 5.73. The number of carbonyl (C=O) groups is 1. The maximum Gasteiger partial charge on any atom is 0.265 e. The van der Waals surface area contributed by atoms with Gasteiger partial charge in [-0.15, -0.1) is 0 Å². The second kappa shape index (κ2) is 6.36. The molecule has 0 N–H and O–H groups in total. The van der Waals surface area contributed by atoms with Gasteiger partial charge in [0.15, 0.2) is 6.61 Å². The number of fused-ring (bicyclic) bond motifs is 1. The quantitative estimate of drug-likeness (QED) is 0.726. The van der Waals surface area contributed by atoms with E-state index in [1.807, 2.05) is 54.6 Å². The highest BCUT2D eigenvalue weighted by molar-refractivity contribution is 5.98. The van der Waals surface area contributed by atoms with E-state index in [-0.39, 0.29) is 12.5 Å². The van der Waals surface area contributed by atoms with Crippen molar-refractivity contribution in [1.29, 1.82) is 0 Å². The van der Waals surface area contributed by atoms with Crippen LogP contribution in [0.2, 0.25) is 0 Å². The first-order chi connectivity index (χ1) is 12.3. The molecule has 2 heterocycles. The summed E-state index contributed by atoms with van der Waals surface area (Å²) in [6, 6.07) is 17.3. The lowest BCUT2D eigenvalue weighted by molar-refractivity contribution is -0.121. The molecule has 25 heavy (non-hydrogen) atoms. The standard InChI is InChI=1S/C20H17NO4/c1-23-18-7-3-2-6-16(18)14-8-9-19-17(11-14)21(20(22)13-25-19)12-15-5-4-10-24-15/h2-11H,12-13H2,1H3. The summed E-state index contributed by atoms with van der Waals surface area (Å²) in [5.41, 5.74) is 2.65. The predicted octanol–water partition coefficient (Wildman–Crippen LogP) is 3.88. The van der Waals surface area contributed by atoms with Crippen LogP contribution in [0, 0.1) is 0 Å². The highest BCUT2D eigenvalue weighted by Gasteiger charge is 2.27. The van der Waals surface area contributed by atoms with Gasteiger partial charge in [0.2, 0.25) is 0 Å². The summed E-state index contributed by atoms with van der Waals surface area (Å²) in [6.45, 7) is 0.402. The van der Waals surface area contributed by atoms with Crippen LogP contribution in [0.25, 0.3) is 11.1 Å². The molecule has 5 heteroatoms. The van der Waals surface area contributed by atoms with Gasteiger partial charge in [-0.05, 0) is 35.9 Å². The van der Waals surface area contributed by atoms with Crippen LogP contribution in [-0.2, 0) is 11.3 Å². The lowest BCUT2D eigenvalue weighted by atomic mass is 10.0. The Bertz CT molecular complexity index is 902. The van der Waals surface area contributed by atoms with Gasteiger partial charge in [-0.25, -0.2) is 0 Å². The number of amides is 1. The van der Waals surface area contributed by atoms with Gasteiger partial charge in [0.25, 0.3) is 5.91 Å². The molecule has 0 fully saturated rings. The largest absolute Gasteiger partial charge is 0.496 e. The molecule has 1 aliphatic rings. The zero-order valence-electron chi connectivity index (χ0n) is 13.8. The second-order valence-corrected chi connectivity index (χ2v) is 5.73. The molecular formula is C20H17NO4. The molecule has 0 atom stereocenters. The van der Waals surface area contributed by atoms with Gasteiger partial charge >= 0.3 is 0 Å². The molecule has 1 aliphatic heterocycles. The van der Waals surface area contributed by atoms with Crippen LogP contribution in [0.1, 0.15) is 5.76 Å². The SMILES string of the molecule is COc1ccccc1-c1ccc2c(c1)N(Cc1ccco1)C(=O)CO2. The number of rotatable bonds is 4. The van der Waals surface area contributed by atoms with Crippen molar-refractivity contribution in [1.82, 2.24) is 0 Å². The van der Waals surface area contributed by atoms with Crippen molar-refractivity contribution in [3.63, 3.8) is 0 Å². The van der Waals surface area contributed by atoms with E-state index in [2.05, 4.69) is 0 Å². The Morgan fingerprint density at radius 3 is 2.80 bits per heavy atom. The van der Waals surface area contributed by atoms with Crippen molar-refractivity contribution in [2.24, 2.45) is 0 Å². The van der Waals surface area contributed by atoms with E-state index >= 15 is 0 Å². The number of nitrogens with zero attached hydrogens (tertiary/aromatic N) is 1. The van der Waals surface area contributed by atoms with Crippen molar-refractivity contribution in [3.8, 4) is 22.6 Å². The topological polar surface area (TPSA) is 51.9 Å². The molecule has 126 valence electrons. The van der Waals surface area contributed by atoms with Gasteiger partial charge in [0.05, 0.1) is 25.6 Å². The smallest absolute Gasteiger partial charge is 0.265 e. The zero-order chi connectivity index (χ0) is 17.2. The monoisotopic (exact) mass is 335 g/mol. The first-order valence-corrected chi connectivity index (χ1v) is 7.99. The van der Waals surface area contributed by atoms with Gasteiger partial charge in [0, 0.05) is 5.56 Å². The van der Waals surface area contributed by atoms with Crippen molar-refractivity contribution < 1.29 is 18.7 Å². The Labute approximate surface area is 145 Å². The maximum absolute atomic E-state index is 12.4. The summed E-state index contributed by atoms with van der Waals surface area (Å²) in [7, 11) is 1.65. The number of benzene rings is 2. The van der Waals surface area contributed by atoms with Crippen molar-refractivity contribution in [2.45, 2.75) is 6.54 Å². The number of anilines is 1. The van der Waals surface area contributed by atoms with Crippen molar-refractivity contribution >= 4 is 11.6 Å². The number of ether oxygens (including phenoxy) is 2. The van der Waals surface area contributed by atoms with Gasteiger partial charge < -0.3 is 13.9 Å². The Balaban J connectivity index is 1.77. The molecule has 0 saturated carbocycles. The molecule has 1 aromatic heterocycles. The Kier molecular flexibility index (Phi) is 3.90. The number of para-hydroxylation sites is 1. The molecule has 0 saturated heterocycles. The summed E-state index contributed by atoms with van der Waals surface area (Å²) in [4.78, 5) is 14.1. The third-order valence-electron chi connectivity index (χ3n) is 4.21. The summed E-state index contributed by atoms with van der Waals surface area (Å²) >= 11 is 0. The van der Waals surface area contributed by atoms with E-state index in [0.717, 1.165) is 28.3 Å². The molecule has 0 unspecified atom stereocenters. The third-order valence-corrected chi connectivity index (χ3v) is 4.21. The van der Waals surface area contributed by atoms with Gasteiger partial charge in [0.1, 0.15) is 17.3 Å². The number of hydrogen-bond acceptors (Lipinski definition) is 4. The van der Waals surface area contributed by atoms with Crippen LogP contribution in [0.5, 0.6) is 11.5 Å². The Hall–Kier alpha value is -3.21. The summed E-state index contributed by atoms with van der Waals surface area (Å²) in [5, 5.41) is 0. The van der Waals surface area contributed by atoms with E-state index in [1.54, 1.807) is 18.3 Å². The van der Waals surface area contributed by atoms with E-state index in [1.165, 1.54) is 0 Å². The van der Waals surface area contributed by atoms with Crippen LogP contribution >= 0.6 is 0 Å². The van der Waals surface area contributed by atoms with Crippen LogP contribution in [0.3, 0.4) is 0 Å². The zero-order valence-corrected chi connectivity index (χ0v) is 13.8. The van der Waals surface area contributed by atoms with Crippen LogP contribution < -0.4 is 14.4 Å². The Morgan fingerprint density at radius 2 is 2.00 bits per heavy atom. The molecule has 0 aliphatic carbocycles. The van der Waals surface area contributed by atoms with E-state index in [4.69, 9.17) is 13.9 Å². The van der Waals surface area contributed by atoms with Crippen molar-refractivity contribution in [2.75, 3.05) is 18.6 Å². The fourth-order valence-electron chi connectivity index (χ4n) is 2.98. The third kappa shape index (κ3) is 2.85. The first-order valence-electron chi connectivity index (χ1n) is 7.99. The molecular weight excluding hydrogens is 318 g/mol. The van der Waals surface area contributed by atoms with E-state index in [0.29, 0.717) is 12.3 Å². The minimum absolute atomic E-state index is 0.0295. The fourth-order valence-corrected chi connectivity index (χ4v) is 2.98. The summed E-state index contributed by atoms with van der Waals surface area (Å²) < 4.78 is 16.4. The molecule has 0 bridgehead atoms. The number of carbonyl (C=O) groups excluding carboxylic acids is 1. The summed E-state index contributed by atoms with van der Waals surface area (Å²) in [6.07, 6.45) is 1.60. The predicted molar refractivity (Wildman–Crippen MR) is 93.8 cm³/mol. The van der Waals surface area contributed by atoms with E-state index in [9.17, 15) is 4.79 Å². The summed E-state index contributed by atoms with van der Waals surface area (Å²) in [5.74, 6) is 2.10. The average molecular weight is 335 g/mol. The number of furan rings is 1. The highest BCUT2D eigenvalue weighted by Crippen LogP contribution is 2.39. The molecule has 0 spiro atoms. The molecule has 5 nitrogen and oxygen atoms in total. The molecule has 0 radical (unpaired) electrons. The minimum atomic E-state index is -0.0962. The van der Waals surface area contributed by atoms with Crippen LogP contribution in [0.4, 0.5) is 5.69 Å². The van der Waals surface area contributed by atoms with Gasteiger partial charge in [-0.3, -0.25) is 9.69 Å². The van der Waals surface area contributed by atoms with Gasteiger partial charge in [-0.2, -0.15) is 0 Å². The average Bonchev–Trinajstić information content (AvgIpc) is 3.17. The minimum Gasteiger partial charge on any atom is -0.496 e. The van der Waals surface area contributed by atoms with Crippen LogP contribution in [-0.4, -0.2) is 19.6 Å². The van der Waals surface area contributed by atoms with E-state index < -0.39 is 0 Å². The number of hydrogen-bond donors (Lipinski definition) is 0. The normalized spacial score (nSPS) is 13.3. The van der Waals surface area contributed by atoms with Crippen molar-refractivity contribution in [3.05, 3.63) is 66.6 Å². The lowest BCUT2D eigenvalue weighted by Crippen LogP contribution is -2.38.